The zero-order chi connectivity index (χ0) is 17.4. The first kappa shape index (κ1) is 21.7. The van der Waals surface area contributed by atoms with E-state index >= 15 is 0 Å². The molecule has 142 valence electrons. The molecule has 1 aliphatic rings. The minimum atomic E-state index is -0.264. The fourth-order valence-corrected chi connectivity index (χ4v) is 2.66. The van der Waals surface area contributed by atoms with Crippen molar-refractivity contribution in [2.24, 2.45) is 5.92 Å². The maximum atomic E-state index is 12.2. The Hall–Kier alpha value is -1.30. The van der Waals surface area contributed by atoms with Crippen LogP contribution >= 0.6 is 12.4 Å². The van der Waals surface area contributed by atoms with Crippen LogP contribution in [-0.2, 0) is 16.1 Å². The third-order valence-corrected chi connectivity index (χ3v) is 4.10. The van der Waals surface area contributed by atoms with Crippen molar-refractivity contribution in [2.45, 2.75) is 46.2 Å². The van der Waals surface area contributed by atoms with Crippen molar-refractivity contribution in [1.29, 1.82) is 0 Å². The molecule has 1 heterocycles. The van der Waals surface area contributed by atoms with E-state index in [1.165, 1.54) is 0 Å². The number of ether oxygens (including phenoxy) is 2. The van der Waals surface area contributed by atoms with Crippen LogP contribution in [0.25, 0.3) is 0 Å². The highest BCUT2D eigenvalue weighted by Gasteiger charge is 2.21. The third kappa shape index (κ3) is 7.63. The van der Waals surface area contributed by atoms with Crippen LogP contribution in [-0.4, -0.2) is 38.3 Å². The van der Waals surface area contributed by atoms with Crippen LogP contribution in [0, 0.1) is 12.8 Å². The molecule has 0 spiro atoms. The van der Waals surface area contributed by atoms with Crippen LogP contribution < -0.4 is 15.4 Å². The molecular formula is C19H31ClN2O3. The highest BCUT2D eigenvalue weighted by molar-refractivity contribution is 5.85. The highest BCUT2D eigenvalue weighted by Crippen LogP contribution is 2.21. The third-order valence-electron chi connectivity index (χ3n) is 4.10. The summed E-state index contributed by atoms with van der Waals surface area (Å²) < 4.78 is 11.3. The molecule has 0 saturated carbocycles. The van der Waals surface area contributed by atoms with Crippen LogP contribution in [0.2, 0.25) is 0 Å². The van der Waals surface area contributed by atoms with Gasteiger partial charge in [-0.05, 0) is 37.3 Å². The predicted octanol–water partition coefficient (Wildman–Crippen LogP) is 2.84. The Morgan fingerprint density at radius 3 is 2.92 bits per heavy atom. The lowest BCUT2D eigenvalue weighted by Gasteiger charge is -2.23. The fraction of sp³-hybridized carbons (Fsp3) is 0.632. The topological polar surface area (TPSA) is 59.6 Å². The summed E-state index contributed by atoms with van der Waals surface area (Å²) in [6, 6.07) is 5.85. The minimum Gasteiger partial charge on any atom is -0.493 e. The molecule has 1 aromatic rings. The minimum absolute atomic E-state index is 0. The van der Waals surface area contributed by atoms with Crippen LogP contribution in [0.15, 0.2) is 18.2 Å². The van der Waals surface area contributed by atoms with Gasteiger partial charge in [0.15, 0.2) is 0 Å². The summed E-state index contributed by atoms with van der Waals surface area (Å²) >= 11 is 0. The van der Waals surface area contributed by atoms with Crippen molar-refractivity contribution >= 4 is 18.3 Å². The van der Waals surface area contributed by atoms with E-state index in [0.717, 1.165) is 29.7 Å². The SMILES string of the molecule is Cc1ccc(CNC(=O)C2COCCN2)c(OCCCC(C)C)c1.Cl. The summed E-state index contributed by atoms with van der Waals surface area (Å²) in [7, 11) is 0. The van der Waals surface area contributed by atoms with Gasteiger partial charge in [-0.3, -0.25) is 4.79 Å². The number of amides is 1. The molecule has 5 nitrogen and oxygen atoms in total. The normalized spacial score (nSPS) is 17.0. The van der Waals surface area contributed by atoms with Crippen LogP contribution in [0.1, 0.15) is 37.8 Å². The second kappa shape index (κ2) is 11.3. The van der Waals surface area contributed by atoms with E-state index < -0.39 is 0 Å². The first-order chi connectivity index (χ1) is 11.6. The zero-order valence-corrected chi connectivity index (χ0v) is 16.3. The maximum absolute atomic E-state index is 12.2. The monoisotopic (exact) mass is 370 g/mol. The van der Waals surface area contributed by atoms with E-state index in [2.05, 4.69) is 24.5 Å². The Labute approximate surface area is 157 Å². The molecule has 0 aliphatic carbocycles. The molecule has 1 amide bonds. The van der Waals surface area contributed by atoms with Gasteiger partial charge in [-0.2, -0.15) is 0 Å². The Bertz CT molecular complexity index is 531. The molecule has 1 unspecified atom stereocenters. The van der Waals surface area contributed by atoms with Crippen molar-refractivity contribution in [2.75, 3.05) is 26.4 Å². The van der Waals surface area contributed by atoms with Crippen molar-refractivity contribution in [3.8, 4) is 5.75 Å². The fourth-order valence-electron chi connectivity index (χ4n) is 2.66. The van der Waals surface area contributed by atoms with E-state index in [4.69, 9.17) is 9.47 Å². The van der Waals surface area contributed by atoms with Gasteiger partial charge in [0.1, 0.15) is 11.8 Å². The van der Waals surface area contributed by atoms with Gasteiger partial charge in [0.2, 0.25) is 5.91 Å². The van der Waals surface area contributed by atoms with Gasteiger partial charge in [0, 0.05) is 18.7 Å². The number of morpholine rings is 1. The molecule has 1 fully saturated rings. The standard InChI is InChI=1S/C19H30N2O3.ClH/c1-14(2)5-4-9-24-18-11-15(3)6-7-16(18)12-21-19(22)17-13-23-10-8-20-17;/h6-7,11,14,17,20H,4-5,8-10,12-13H2,1-3H3,(H,21,22);1H. The molecule has 0 radical (unpaired) electrons. The van der Waals surface area contributed by atoms with Crippen LogP contribution in [0.4, 0.5) is 0 Å². The van der Waals surface area contributed by atoms with Crippen molar-refractivity contribution < 1.29 is 14.3 Å². The number of hydrogen-bond donors (Lipinski definition) is 2. The molecule has 0 aromatic heterocycles. The number of carbonyl (C=O) groups excluding carboxylic acids is 1. The van der Waals surface area contributed by atoms with Gasteiger partial charge in [-0.15, -0.1) is 12.4 Å². The molecule has 6 heteroatoms. The van der Waals surface area contributed by atoms with E-state index in [1.807, 2.05) is 25.1 Å². The average molecular weight is 371 g/mol. The molecule has 2 N–H and O–H groups in total. The molecule has 1 atom stereocenters. The summed E-state index contributed by atoms with van der Waals surface area (Å²) in [5, 5.41) is 6.14. The van der Waals surface area contributed by atoms with E-state index in [0.29, 0.717) is 38.8 Å². The smallest absolute Gasteiger partial charge is 0.239 e. The summed E-state index contributed by atoms with van der Waals surface area (Å²) in [4.78, 5) is 12.2. The van der Waals surface area contributed by atoms with Gasteiger partial charge in [0.05, 0.1) is 19.8 Å². The molecule has 25 heavy (non-hydrogen) atoms. The van der Waals surface area contributed by atoms with Gasteiger partial charge < -0.3 is 20.1 Å². The lowest BCUT2D eigenvalue weighted by atomic mass is 10.1. The number of benzene rings is 1. The van der Waals surface area contributed by atoms with Crippen molar-refractivity contribution in [3.63, 3.8) is 0 Å². The summed E-state index contributed by atoms with van der Waals surface area (Å²) in [6.45, 7) is 9.47. The second-order valence-electron chi connectivity index (χ2n) is 6.80. The van der Waals surface area contributed by atoms with Gasteiger partial charge in [-0.1, -0.05) is 26.0 Å². The number of hydrogen-bond acceptors (Lipinski definition) is 4. The Kier molecular flexibility index (Phi) is 9.86. The number of aryl methyl sites for hydroxylation is 1. The average Bonchev–Trinajstić information content (AvgIpc) is 2.58. The number of halogens is 1. The predicted molar refractivity (Wildman–Crippen MR) is 102 cm³/mol. The summed E-state index contributed by atoms with van der Waals surface area (Å²) in [5.41, 5.74) is 2.17. The highest BCUT2D eigenvalue weighted by atomic mass is 35.5. The first-order valence-electron chi connectivity index (χ1n) is 8.87. The second-order valence-corrected chi connectivity index (χ2v) is 6.80. The largest absolute Gasteiger partial charge is 0.493 e. The van der Waals surface area contributed by atoms with E-state index in [1.54, 1.807) is 0 Å². The zero-order valence-electron chi connectivity index (χ0n) is 15.5. The van der Waals surface area contributed by atoms with Crippen LogP contribution in [0.3, 0.4) is 0 Å². The molecular weight excluding hydrogens is 340 g/mol. The van der Waals surface area contributed by atoms with Gasteiger partial charge in [-0.25, -0.2) is 0 Å². The quantitative estimate of drug-likeness (QED) is 0.691. The van der Waals surface area contributed by atoms with E-state index in [-0.39, 0.29) is 24.4 Å². The summed E-state index contributed by atoms with van der Waals surface area (Å²) in [6.07, 6.45) is 2.20. The molecule has 1 aromatic carbocycles. The first-order valence-corrected chi connectivity index (χ1v) is 8.87. The van der Waals surface area contributed by atoms with Crippen molar-refractivity contribution in [1.82, 2.24) is 10.6 Å². The van der Waals surface area contributed by atoms with E-state index in [9.17, 15) is 4.79 Å². The Balaban J connectivity index is 0.00000312. The van der Waals surface area contributed by atoms with Gasteiger partial charge in [0.25, 0.3) is 0 Å². The lowest BCUT2D eigenvalue weighted by molar-refractivity contribution is -0.126. The number of nitrogens with one attached hydrogen (secondary N) is 2. The van der Waals surface area contributed by atoms with Crippen molar-refractivity contribution in [3.05, 3.63) is 29.3 Å². The Morgan fingerprint density at radius 2 is 2.24 bits per heavy atom. The molecule has 1 aliphatic heterocycles. The maximum Gasteiger partial charge on any atom is 0.239 e. The lowest BCUT2D eigenvalue weighted by Crippen LogP contribution is -2.51. The number of rotatable bonds is 8. The summed E-state index contributed by atoms with van der Waals surface area (Å²) in [5.74, 6) is 1.53. The van der Waals surface area contributed by atoms with Gasteiger partial charge >= 0.3 is 0 Å². The molecule has 0 bridgehead atoms. The molecule has 1 saturated heterocycles. The van der Waals surface area contributed by atoms with Crippen LogP contribution in [0.5, 0.6) is 5.75 Å². The molecule has 2 rings (SSSR count). The Morgan fingerprint density at radius 1 is 1.44 bits per heavy atom. The number of carbonyl (C=O) groups is 1.